The van der Waals surface area contributed by atoms with Gasteiger partial charge in [-0.2, -0.15) is 0 Å². The lowest BCUT2D eigenvalue weighted by Gasteiger charge is -2.80. The van der Waals surface area contributed by atoms with Gasteiger partial charge in [-0.3, -0.25) is 4.79 Å². The summed E-state index contributed by atoms with van der Waals surface area (Å²) in [5, 5.41) is 10.7. The van der Waals surface area contributed by atoms with E-state index in [0.717, 1.165) is 12.3 Å². The fraction of sp³-hybridized carbons (Fsp3) is 0.786. The van der Waals surface area contributed by atoms with E-state index in [-0.39, 0.29) is 23.5 Å². The predicted octanol–water partition coefficient (Wildman–Crippen LogP) is 1.47. The highest BCUT2D eigenvalue weighted by Crippen LogP contribution is 2.81. The Hall–Kier alpha value is -0.340. The fourth-order valence-electron chi connectivity index (χ4n) is 6.36. The van der Waals surface area contributed by atoms with Crippen LogP contribution >= 0.6 is 11.6 Å². The molecule has 8 aliphatic carbocycles. The summed E-state index contributed by atoms with van der Waals surface area (Å²) in [5.74, 6) is 4.15. The molecule has 17 heavy (non-hydrogen) atoms. The van der Waals surface area contributed by atoms with Crippen LogP contribution in [0.25, 0.3) is 0 Å². The minimum Gasteiger partial charge on any atom is -0.380 e. The van der Waals surface area contributed by atoms with Gasteiger partial charge in [0.15, 0.2) is 5.78 Å². The molecule has 6 fully saturated rings. The average Bonchev–Trinajstić information content (AvgIpc) is 2.51. The molecule has 2 nitrogen and oxygen atoms in total. The minimum absolute atomic E-state index is 0.0802. The number of fused-ring (bicyclic) bond motifs is 2. The lowest BCUT2D eigenvalue weighted by molar-refractivity contribution is -0.329. The van der Waals surface area contributed by atoms with E-state index in [0.29, 0.717) is 29.6 Å². The summed E-state index contributed by atoms with van der Waals surface area (Å²) >= 11 is 5.95. The smallest absolute Gasteiger partial charge is 0.169 e. The summed E-state index contributed by atoms with van der Waals surface area (Å²) < 4.78 is 0. The molecule has 6 saturated carbocycles. The highest BCUT2D eigenvalue weighted by Gasteiger charge is 2.83. The van der Waals surface area contributed by atoms with Crippen molar-refractivity contribution in [2.45, 2.75) is 12.0 Å². The van der Waals surface area contributed by atoms with Crippen molar-refractivity contribution in [3.63, 3.8) is 0 Å². The van der Waals surface area contributed by atoms with Gasteiger partial charge in [-0.25, -0.2) is 0 Å². The van der Waals surface area contributed by atoms with Crippen molar-refractivity contribution < 1.29 is 9.90 Å². The molecule has 0 saturated heterocycles. The van der Waals surface area contributed by atoms with Crippen molar-refractivity contribution >= 4 is 17.4 Å². The topological polar surface area (TPSA) is 37.3 Å². The molecule has 0 aromatic carbocycles. The van der Waals surface area contributed by atoms with Crippen LogP contribution < -0.4 is 0 Å². The number of carbonyl (C=O) groups is 1. The molecule has 8 rings (SSSR count). The van der Waals surface area contributed by atoms with Crippen LogP contribution in [-0.2, 0) is 4.79 Å². The Balaban J connectivity index is 1.72. The molecule has 0 heterocycles. The quantitative estimate of drug-likeness (QED) is 0.565. The number of halogens is 1. The molecule has 8 bridgehead atoms. The summed E-state index contributed by atoms with van der Waals surface area (Å²) in [6, 6.07) is 0. The Morgan fingerprint density at radius 1 is 1.35 bits per heavy atom. The third-order valence-electron chi connectivity index (χ3n) is 6.67. The van der Waals surface area contributed by atoms with Crippen LogP contribution in [-0.4, -0.2) is 22.4 Å². The number of ketones is 1. The van der Waals surface area contributed by atoms with Crippen molar-refractivity contribution in [3.8, 4) is 0 Å². The van der Waals surface area contributed by atoms with Crippen LogP contribution in [0.5, 0.6) is 0 Å². The van der Waals surface area contributed by atoms with Crippen LogP contribution in [0.4, 0.5) is 0 Å². The lowest BCUT2D eigenvalue weighted by Crippen LogP contribution is -2.84. The predicted molar refractivity (Wildman–Crippen MR) is 62.4 cm³/mol. The van der Waals surface area contributed by atoms with Gasteiger partial charge in [0.05, 0.1) is 5.88 Å². The monoisotopic (exact) mass is 250 g/mol. The maximum Gasteiger partial charge on any atom is 0.169 e. The Bertz CT molecular complexity index is 471. The first-order chi connectivity index (χ1) is 8.20. The highest BCUT2D eigenvalue weighted by atomic mass is 35.5. The van der Waals surface area contributed by atoms with Crippen LogP contribution in [0, 0.1) is 47.3 Å². The van der Waals surface area contributed by atoms with E-state index < -0.39 is 5.60 Å². The first kappa shape index (κ1) is 9.57. The zero-order valence-electron chi connectivity index (χ0n) is 9.42. The van der Waals surface area contributed by atoms with Crippen molar-refractivity contribution in [2.75, 3.05) is 5.88 Å². The van der Waals surface area contributed by atoms with Gasteiger partial charge < -0.3 is 5.11 Å². The van der Waals surface area contributed by atoms with Gasteiger partial charge in [0.25, 0.3) is 0 Å². The van der Waals surface area contributed by atoms with Crippen LogP contribution in [0.2, 0.25) is 0 Å². The Labute approximate surface area is 105 Å². The Kier molecular flexibility index (Phi) is 1.41. The standard InChI is InChI=1S/C14H15ClO2/c15-4-14(17)12-6-3-1-2-5-7-8(6)11(13(14)16)10(7)9(5)12/h1-2,5-12,17H,3-4H2/t5-,6+,7-,8+,9-,10+,11-,12-,14-/m1/s1. The summed E-state index contributed by atoms with van der Waals surface area (Å²) in [5.41, 5.74) is -1.20. The van der Waals surface area contributed by atoms with Gasteiger partial charge in [0, 0.05) is 11.8 Å². The molecular formula is C14H15ClO2. The third-order valence-corrected chi connectivity index (χ3v) is 7.08. The van der Waals surface area contributed by atoms with Gasteiger partial charge in [-0.05, 0) is 41.9 Å². The molecule has 8 aliphatic rings. The van der Waals surface area contributed by atoms with E-state index in [1.807, 2.05) is 0 Å². The second-order valence-corrected chi connectivity index (χ2v) is 6.96. The highest BCUT2D eigenvalue weighted by molar-refractivity contribution is 6.21. The molecule has 0 aromatic rings. The van der Waals surface area contributed by atoms with Gasteiger partial charge >= 0.3 is 0 Å². The average molecular weight is 251 g/mol. The van der Waals surface area contributed by atoms with Crippen LogP contribution in [0.1, 0.15) is 6.42 Å². The molecule has 9 atom stereocenters. The number of hydrogen-bond acceptors (Lipinski definition) is 2. The van der Waals surface area contributed by atoms with Crippen LogP contribution in [0.15, 0.2) is 12.2 Å². The normalized spacial score (nSPS) is 68.7. The largest absolute Gasteiger partial charge is 0.380 e. The number of hydrogen-bond donors (Lipinski definition) is 1. The molecular weight excluding hydrogens is 236 g/mol. The van der Waals surface area contributed by atoms with Crippen molar-refractivity contribution in [3.05, 3.63) is 12.2 Å². The summed E-state index contributed by atoms with van der Waals surface area (Å²) in [4.78, 5) is 12.4. The van der Waals surface area contributed by atoms with Gasteiger partial charge in [0.1, 0.15) is 5.60 Å². The molecule has 0 unspecified atom stereocenters. The van der Waals surface area contributed by atoms with E-state index in [9.17, 15) is 9.90 Å². The van der Waals surface area contributed by atoms with Crippen molar-refractivity contribution in [1.82, 2.24) is 0 Å². The number of carbonyl (C=O) groups excluding carboxylic acids is 1. The second kappa shape index (κ2) is 2.50. The number of allylic oxidation sites excluding steroid dienone is 2. The first-order valence-corrected chi connectivity index (χ1v) is 7.23. The second-order valence-electron chi connectivity index (χ2n) is 6.69. The summed E-state index contributed by atoms with van der Waals surface area (Å²) in [7, 11) is 0. The van der Waals surface area contributed by atoms with Gasteiger partial charge in [0.2, 0.25) is 0 Å². The lowest BCUT2D eigenvalue weighted by atomic mass is 9.23. The number of aliphatic hydroxyl groups is 1. The molecule has 0 aromatic heterocycles. The zero-order chi connectivity index (χ0) is 11.5. The number of rotatable bonds is 1. The molecule has 0 amide bonds. The van der Waals surface area contributed by atoms with Crippen LogP contribution in [0.3, 0.4) is 0 Å². The van der Waals surface area contributed by atoms with E-state index >= 15 is 0 Å². The Morgan fingerprint density at radius 3 is 2.94 bits per heavy atom. The van der Waals surface area contributed by atoms with E-state index in [4.69, 9.17) is 11.6 Å². The van der Waals surface area contributed by atoms with Crippen molar-refractivity contribution in [1.29, 1.82) is 0 Å². The molecule has 0 aliphatic heterocycles. The molecule has 0 radical (unpaired) electrons. The summed E-state index contributed by atoms with van der Waals surface area (Å²) in [6.45, 7) is 0. The summed E-state index contributed by atoms with van der Waals surface area (Å²) in [6.07, 6.45) is 5.70. The Morgan fingerprint density at radius 2 is 2.18 bits per heavy atom. The molecule has 90 valence electrons. The fourth-order valence-corrected chi connectivity index (χ4v) is 6.67. The maximum absolute atomic E-state index is 12.4. The molecule has 0 spiro atoms. The zero-order valence-corrected chi connectivity index (χ0v) is 10.2. The number of alkyl halides is 1. The number of Topliss-reactive ketones (excluding diaryl/α,β-unsaturated/α-hetero) is 1. The van der Waals surface area contributed by atoms with Gasteiger partial charge in [-0.1, -0.05) is 12.2 Å². The third kappa shape index (κ3) is 0.699. The SMILES string of the molecule is O=C1[C@H]2[C@H]3[C@@H]4[C@H]5C=CC[C@@H]([C@H]24)[C@H]([C@H]53)[C@]1(O)CCl. The molecule has 3 heteroatoms. The molecule has 1 N–H and O–H groups in total. The van der Waals surface area contributed by atoms with Gasteiger partial charge in [-0.15, -0.1) is 11.6 Å². The first-order valence-electron chi connectivity index (χ1n) is 6.69. The van der Waals surface area contributed by atoms with E-state index in [1.54, 1.807) is 0 Å². The van der Waals surface area contributed by atoms with E-state index in [2.05, 4.69) is 12.2 Å². The minimum atomic E-state index is -1.20. The van der Waals surface area contributed by atoms with E-state index in [1.165, 1.54) is 0 Å². The van der Waals surface area contributed by atoms with Crippen molar-refractivity contribution in [2.24, 2.45) is 47.3 Å². The maximum atomic E-state index is 12.4.